The lowest BCUT2D eigenvalue weighted by Gasteiger charge is -2.25. The van der Waals surface area contributed by atoms with Gasteiger partial charge in [-0.15, -0.1) is 0 Å². The number of hydrogen-bond donors (Lipinski definition) is 0. The minimum atomic E-state index is -3.12. The normalized spacial score (nSPS) is 17.2. The maximum Gasteiger partial charge on any atom is 0.255 e. The van der Waals surface area contributed by atoms with E-state index in [9.17, 15) is 13.2 Å². The SMILES string of the molecule is CC(CS(C)(=O)=O)N(C)C(=O)c1ccc(N2CCCCCC2)nc1. The van der Waals surface area contributed by atoms with Crippen LogP contribution in [-0.4, -0.2) is 62.4 Å². The van der Waals surface area contributed by atoms with Gasteiger partial charge in [0.2, 0.25) is 0 Å². The van der Waals surface area contributed by atoms with Crippen LogP contribution in [0.25, 0.3) is 0 Å². The van der Waals surface area contributed by atoms with Gasteiger partial charge in [-0.3, -0.25) is 4.79 Å². The molecule has 7 heteroatoms. The van der Waals surface area contributed by atoms with E-state index < -0.39 is 9.84 Å². The lowest BCUT2D eigenvalue weighted by molar-refractivity contribution is 0.0756. The van der Waals surface area contributed by atoms with Crippen molar-refractivity contribution in [3.05, 3.63) is 23.9 Å². The quantitative estimate of drug-likeness (QED) is 0.809. The van der Waals surface area contributed by atoms with Crippen molar-refractivity contribution < 1.29 is 13.2 Å². The van der Waals surface area contributed by atoms with Gasteiger partial charge in [-0.05, 0) is 31.9 Å². The van der Waals surface area contributed by atoms with E-state index in [-0.39, 0.29) is 17.7 Å². The van der Waals surface area contributed by atoms with Crippen LogP contribution in [0.1, 0.15) is 43.0 Å². The summed E-state index contributed by atoms with van der Waals surface area (Å²) in [5.41, 5.74) is 0.483. The van der Waals surface area contributed by atoms with E-state index in [4.69, 9.17) is 0 Å². The summed E-state index contributed by atoms with van der Waals surface area (Å²) in [5.74, 6) is 0.649. The minimum absolute atomic E-state index is 0.0471. The average Bonchev–Trinajstić information content (AvgIpc) is 2.81. The fourth-order valence-electron chi connectivity index (χ4n) is 2.95. The first kappa shape index (κ1) is 18.7. The molecular weight excluding hydrogens is 326 g/mol. The first-order valence-electron chi connectivity index (χ1n) is 8.44. The Bertz CT molecular complexity index is 650. The molecule has 6 nitrogen and oxygen atoms in total. The highest BCUT2D eigenvalue weighted by Gasteiger charge is 2.21. The molecule has 134 valence electrons. The Morgan fingerprint density at radius 3 is 2.38 bits per heavy atom. The summed E-state index contributed by atoms with van der Waals surface area (Å²) < 4.78 is 22.8. The Hall–Kier alpha value is -1.63. The van der Waals surface area contributed by atoms with E-state index in [2.05, 4.69) is 9.88 Å². The van der Waals surface area contributed by atoms with Gasteiger partial charge in [-0.2, -0.15) is 0 Å². The second-order valence-electron chi connectivity index (χ2n) is 6.66. The molecule has 0 aliphatic carbocycles. The van der Waals surface area contributed by atoms with E-state index in [0.29, 0.717) is 5.56 Å². The summed E-state index contributed by atoms with van der Waals surface area (Å²) in [7, 11) is -1.50. The van der Waals surface area contributed by atoms with Crippen LogP contribution in [0.4, 0.5) is 5.82 Å². The van der Waals surface area contributed by atoms with Gasteiger partial charge >= 0.3 is 0 Å². The molecule has 1 fully saturated rings. The number of amides is 1. The van der Waals surface area contributed by atoms with Crippen LogP contribution in [0, 0.1) is 0 Å². The number of anilines is 1. The largest absolute Gasteiger partial charge is 0.357 e. The summed E-state index contributed by atoms with van der Waals surface area (Å²) in [6, 6.07) is 3.28. The predicted molar refractivity (Wildman–Crippen MR) is 96.2 cm³/mol. The van der Waals surface area contributed by atoms with E-state index in [1.807, 2.05) is 6.07 Å². The standard InChI is InChI=1S/C17H27N3O3S/c1-14(13-24(3,22)23)19(2)17(21)15-8-9-16(18-12-15)20-10-6-4-5-7-11-20/h8-9,12,14H,4-7,10-11,13H2,1-3H3. The van der Waals surface area contributed by atoms with Gasteiger partial charge in [0.1, 0.15) is 15.7 Å². The number of rotatable bonds is 5. The number of aromatic nitrogens is 1. The molecule has 1 atom stereocenters. The Balaban J connectivity index is 2.04. The summed E-state index contributed by atoms with van der Waals surface area (Å²) in [6.45, 7) is 3.75. The second-order valence-corrected chi connectivity index (χ2v) is 8.85. The molecule has 1 aliphatic heterocycles. The average molecular weight is 353 g/mol. The van der Waals surface area contributed by atoms with E-state index in [1.54, 1.807) is 26.2 Å². The van der Waals surface area contributed by atoms with Gasteiger partial charge in [0.05, 0.1) is 11.3 Å². The molecular formula is C17H27N3O3S. The van der Waals surface area contributed by atoms with Crippen molar-refractivity contribution in [3.63, 3.8) is 0 Å². The topological polar surface area (TPSA) is 70.6 Å². The summed E-state index contributed by atoms with van der Waals surface area (Å²) in [5, 5.41) is 0. The zero-order chi connectivity index (χ0) is 17.7. The molecule has 0 spiro atoms. The molecule has 1 aromatic rings. The summed E-state index contributed by atoms with van der Waals surface area (Å²) >= 11 is 0. The van der Waals surface area contributed by atoms with Gasteiger partial charge in [0, 0.05) is 38.6 Å². The first-order valence-corrected chi connectivity index (χ1v) is 10.5. The fourth-order valence-corrected chi connectivity index (χ4v) is 4.05. The van der Waals surface area contributed by atoms with Crippen molar-refractivity contribution in [3.8, 4) is 0 Å². The maximum atomic E-state index is 12.5. The molecule has 24 heavy (non-hydrogen) atoms. The van der Waals surface area contributed by atoms with Crippen LogP contribution in [0.2, 0.25) is 0 Å². The maximum absolute atomic E-state index is 12.5. The highest BCUT2D eigenvalue weighted by atomic mass is 32.2. The highest BCUT2D eigenvalue weighted by molar-refractivity contribution is 7.90. The molecule has 1 unspecified atom stereocenters. The number of pyridine rings is 1. The number of hydrogen-bond acceptors (Lipinski definition) is 5. The highest BCUT2D eigenvalue weighted by Crippen LogP contribution is 2.18. The Morgan fingerprint density at radius 1 is 1.25 bits per heavy atom. The third kappa shape index (κ3) is 5.19. The molecule has 0 radical (unpaired) electrons. The molecule has 0 N–H and O–H groups in total. The predicted octanol–water partition coefficient (Wildman–Crippen LogP) is 1.97. The number of nitrogens with zero attached hydrogens (tertiary/aromatic N) is 3. The van der Waals surface area contributed by atoms with Crippen molar-refractivity contribution in [2.75, 3.05) is 37.0 Å². The van der Waals surface area contributed by atoms with Crippen LogP contribution >= 0.6 is 0 Å². The smallest absolute Gasteiger partial charge is 0.255 e. The molecule has 0 aromatic carbocycles. The number of sulfone groups is 1. The van der Waals surface area contributed by atoms with Gasteiger partial charge in [0.15, 0.2) is 0 Å². The van der Waals surface area contributed by atoms with Crippen LogP contribution < -0.4 is 4.90 Å². The number of carbonyl (C=O) groups is 1. The third-order valence-corrected chi connectivity index (χ3v) is 5.54. The lowest BCUT2D eigenvalue weighted by Crippen LogP contribution is -2.39. The second kappa shape index (κ2) is 7.96. The van der Waals surface area contributed by atoms with Crippen molar-refractivity contribution in [1.29, 1.82) is 0 Å². The third-order valence-electron chi connectivity index (χ3n) is 4.45. The van der Waals surface area contributed by atoms with Crippen LogP contribution in [-0.2, 0) is 9.84 Å². The van der Waals surface area contributed by atoms with Gasteiger partial charge in [-0.1, -0.05) is 12.8 Å². The molecule has 0 saturated carbocycles. The van der Waals surface area contributed by atoms with Crippen LogP contribution in [0.15, 0.2) is 18.3 Å². The summed E-state index contributed by atoms with van der Waals surface area (Å²) in [4.78, 5) is 20.7. The van der Waals surface area contributed by atoms with Crippen molar-refractivity contribution in [1.82, 2.24) is 9.88 Å². The molecule has 1 aliphatic rings. The van der Waals surface area contributed by atoms with E-state index in [0.717, 1.165) is 18.9 Å². The molecule has 1 amide bonds. The lowest BCUT2D eigenvalue weighted by atomic mass is 10.2. The monoisotopic (exact) mass is 353 g/mol. The Morgan fingerprint density at radius 2 is 1.88 bits per heavy atom. The minimum Gasteiger partial charge on any atom is -0.357 e. The molecule has 1 aromatic heterocycles. The van der Waals surface area contributed by atoms with Gasteiger partial charge in [0.25, 0.3) is 5.91 Å². The van der Waals surface area contributed by atoms with Crippen molar-refractivity contribution >= 4 is 21.6 Å². The van der Waals surface area contributed by atoms with Crippen LogP contribution in [0.5, 0.6) is 0 Å². The summed E-state index contributed by atoms with van der Waals surface area (Å²) in [6.07, 6.45) is 7.64. The zero-order valence-electron chi connectivity index (χ0n) is 14.7. The first-order chi connectivity index (χ1) is 11.3. The molecule has 1 saturated heterocycles. The van der Waals surface area contributed by atoms with E-state index in [1.165, 1.54) is 36.8 Å². The number of carbonyl (C=O) groups excluding carboxylic acids is 1. The van der Waals surface area contributed by atoms with Crippen molar-refractivity contribution in [2.24, 2.45) is 0 Å². The van der Waals surface area contributed by atoms with Crippen LogP contribution in [0.3, 0.4) is 0 Å². The molecule has 2 rings (SSSR count). The van der Waals surface area contributed by atoms with E-state index >= 15 is 0 Å². The Kier molecular flexibility index (Phi) is 6.21. The zero-order valence-corrected chi connectivity index (χ0v) is 15.6. The van der Waals surface area contributed by atoms with Gasteiger partial charge < -0.3 is 9.80 Å². The van der Waals surface area contributed by atoms with Crippen molar-refractivity contribution in [2.45, 2.75) is 38.6 Å². The Labute approximate surface area is 144 Å². The molecule has 2 heterocycles. The molecule has 0 bridgehead atoms. The van der Waals surface area contributed by atoms with Gasteiger partial charge in [-0.25, -0.2) is 13.4 Å². The fraction of sp³-hybridized carbons (Fsp3) is 0.647.